The molecule has 3 rings (SSSR count). The van der Waals surface area contributed by atoms with Crippen LogP contribution < -0.4 is 5.43 Å². The van der Waals surface area contributed by atoms with Crippen LogP contribution in [0.2, 0.25) is 0 Å². The number of hydrogen-bond acceptors (Lipinski definition) is 2. The van der Waals surface area contributed by atoms with E-state index in [1.807, 2.05) is 55.5 Å². The molecule has 0 aliphatic heterocycles. The van der Waals surface area contributed by atoms with Gasteiger partial charge in [0.2, 0.25) is 0 Å². The van der Waals surface area contributed by atoms with Crippen LogP contribution in [0.1, 0.15) is 23.0 Å². The number of carbonyl (C=O) groups excluding carboxylic acids is 1. The zero-order chi connectivity index (χ0) is 14.7. The third kappa shape index (κ3) is 2.84. The Bertz CT molecular complexity index is 770. The van der Waals surface area contributed by atoms with Gasteiger partial charge in [0.1, 0.15) is 0 Å². The Morgan fingerprint density at radius 3 is 2.52 bits per heavy atom. The van der Waals surface area contributed by atoms with Crippen LogP contribution in [0.15, 0.2) is 65.8 Å². The molecule has 0 atom stereocenters. The summed E-state index contributed by atoms with van der Waals surface area (Å²) >= 11 is 0. The van der Waals surface area contributed by atoms with Crippen molar-refractivity contribution in [2.45, 2.75) is 6.92 Å². The van der Waals surface area contributed by atoms with Crippen LogP contribution in [-0.4, -0.2) is 16.6 Å². The number of aromatic nitrogens is 1. The number of hydrogen-bond donors (Lipinski definition) is 2. The number of hydrazone groups is 1. The van der Waals surface area contributed by atoms with Crippen molar-refractivity contribution in [3.63, 3.8) is 0 Å². The summed E-state index contributed by atoms with van der Waals surface area (Å²) in [6.07, 6.45) is 0. The van der Waals surface area contributed by atoms with Crippen molar-refractivity contribution < 1.29 is 4.79 Å². The lowest BCUT2D eigenvalue weighted by Crippen LogP contribution is -2.19. The fourth-order valence-electron chi connectivity index (χ4n) is 2.12. The Labute approximate surface area is 122 Å². The molecule has 2 aromatic carbocycles. The van der Waals surface area contributed by atoms with Crippen molar-refractivity contribution in [1.29, 1.82) is 0 Å². The van der Waals surface area contributed by atoms with Gasteiger partial charge < -0.3 is 4.98 Å². The number of H-pyrrole nitrogens is 1. The minimum absolute atomic E-state index is 0.217. The fraction of sp³-hybridized carbons (Fsp3) is 0.0588. The summed E-state index contributed by atoms with van der Waals surface area (Å²) in [6.45, 7) is 1.86. The average molecular weight is 277 g/mol. The van der Waals surface area contributed by atoms with Crippen LogP contribution in [0.25, 0.3) is 10.9 Å². The smallest absolute Gasteiger partial charge is 0.271 e. The number of fused-ring (bicyclic) bond motifs is 1. The molecule has 0 unspecified atom stereocenters. The number of carbonyl (C=O) groups is 1. The minimum Gasteiger partial charge on any atom is -0.353 e. The SMILES string of the molecule is C/C(=N\NC(=O)c1ccccc1)c1cc2ccccc2[nH]1. The van der Waals surface area contributed by atoms with Gasteiger partial charge in [-0.2, -0.15) is 5.10 Å². The predicted molar refractivity (Wildman–Crippen MR) is 84.4 cm³/mol. The zero-order valence-electron chi connectivity index (χ0n) is 11.6. The second-order valence-corrected chi connectivity index (χ2v) is 4.77. The molecule has 0 saturated heterocycles. The van der Waals surface area contributed by atoms with E-state index in [0.717, 1.165) is 22.3 Å². The lowest BCUT2D eigenvalue weighted by molar-refractivity contribution is 0.0955. The van der Waals surface area contributed by atoms with Gasteiger partial charge in [-0.15, -0.1) is 0 Å². The summed E-state index contributed by atoms with van der Waals surface area (Å²) in [6, 6.07) is 19.0. The van der Waals surface area contributed by atoms with Gasteiger partial charge in [-0.1, -0.05) is 36.4 Å². The summed E-state index contributed by atoms with van der Waals surface area (Å²) in [5.74, 6) is -0.217. The van der Waals surface area contributed by atoms with Crippen LogP contribution in [0.4, 0.5) is 0 Å². The first-order valence-corrected chi connectivity index (χ1v) is 6.72. The highest BCUT2D eigenvalue weighted by atomic mass is 16.2. The maximum atomic E-state index is 11.9. The van der Waals surface area contributed by atoms with E-state index >= 15 is 0 Å². The molecule has 1 aromatic heterocycles. The van der Waals surface area contributed by atoms with Crippen molar-refractivity contribution in [2.24, 2.45) is 5.10 Å². The number of para-hydroxylation sites is 1. The Balaban J connectivity index is 1.78. The van der Waals surface area contributed by atoms with Crippen molar-refractivity contribution in [3.05, 3.63) is 71.9 Å². The Morgan fingerprint density at radius 1 is 1.05 bits per heavy atom. The van der Waals surface area contributed by atoms with E-state index in [1.54, 1.807) is 12.1 Å². The zero-order valence-corrected chi connectivity index (χ0v) is 11.6. The highest BCUT2D eigenvalue weighted by Crippen LogP contribution is 2.15. The topological polar surface area (TPSA) is 57.2 Å². The van der Waals surface area contributed by atoms with Gasteiger partial charge in [0.25, 0.3) is 5.91 Å². The quantitative estimate of drug-likeness (QED) is 0.560. The molecular weight excluding hydrogens is 262 g/mol. The third-order valence-corrected chi connectivity index (χ3v) is 3.28. The molecule has 3 aromatic rings. The van der Waals surface area contributed by atoms with E-state index < -0.39 is 0 Å². The Kier molecular flexibility index (Phi) is 3.51. The number of nitrogens with zero attached hydrogens (tertiary/aromatic N) is 1. The number of aromatic amines is 1. The molecule has 104 valence electrons. The molecule has 0 aliphatic carbocycles. The van der Waals surface area contributed by atoms with Crippen LogP contribution >= 0.6 is 0 Å². The van der Waals surface area contributed by atoms with Crippen molar-refractivity contribution in [3.8, 4) is 0 Å². The normalized spacial score (nSPS) is 11.6. The molecule has 0 radical (unpaired) electrons. The molecule has 2 N–H and O–H groups in total. The molecule has 1 heterocycles. The van der Waals surface area contributed by atoms with Gasteiger partial charge in [0.05, 0.1) is 11.4 Å². The Morgan fingerprint density at radius 2 is 1.76 bits per heavy atom. The summed E-state index contributed by atoms with van der Waals surface area (Å²) in [4.78, 5) is 15.2. The van der Waals surface area contributed by atoms with Crippen molar-refractivity contribution in [2.75, 3.05) is 0 Å². The second kappa shape index (κ2) is 5.63. The lowest BCUT2D eigenvalue weighted by Gasteiger charge is -2.01. The molecule has 0 saturated carbocycles. The molecule has 4 heteroatoms. The van der Waals surface area contributed by atoms with Gasteiger partial charge >= 0.3 is 0 Å². The third-order valence-electron chi connectivity index (χ3n) is 3.28. The highest BCUT2D eigenvalue weighted by molar-refractivity contribution is 6.02. The standard InChI is InChI=1S/C17H15N3O/c1-12(16-11-14-9-5-6-10-15(14)18-16)19-20-17(21)13-7-3-2-4-8-13/h2-11,18H,1H3,(H,20,21)/b19-12+. The summed E-state index contributed by atoms with van der Waals surface area (Å²) in [7, 11) is 0. The van der Waals surface area contributed by atoms with E-state index in [4.69, 9.17) is 0 Å². The molecule has 0 spiro atoms. The molecule has 1 amide bonds. The number of benzene rings is 2. The Hall–Kier alpha value is -2.88. The molecule has 4 nitrogen and oxygen atoms in total. The fourth-order valence-corrected chi connectivity index (χ4v) is 2.12. The summed E-state index contributed by atoms with van der Waals surface area (Å²) in [5.41, 5.74) is 5.84. The monoisotopic (exact) mass is 277 g/mol. The molecule has 0 fully saturated rings. The van der Waals surface area contributed by atoms with Crippen LogP contribution in [0, 0.1) is 0 Å². The lowest BCUT2D eigenvalue weighted by atomic mass is 10.2. The van der Waals surface area contributed by atoms with Crippen molar-refractivity contribution in [1.82, 2.24) is 10.4 Å². The summed E-state index contributed by atoms with van der Waals surface area (Å²) in [5, 5.41) is 5.27. The first-order valence-electron chi connectivity index (χ1n) is 6.72. The van der Waals surface area contributed by atoms with Gasteiger partial charge in [0.15, 0.2) is 0 Å². The van der Waals surface area contributed by atoms with E-state index in [0.29, 0.717) is 5.56 Å². The van der Waals surface area contributed by atoms with Gasteiger partial charge in [-0.25, -0.2) is 5.43 Å². The molecule has 0 aliphatic rings. The predicted octanol–water partition coefficient (Wildman–Crippen LogP) is 3.32. The van der Waals surface area contributed by atoms with E-state index in [2.05, 4.69) is 15.5 Å². The largest absolute Gasteiger partial charge is 0.353 e. The molecule has 0 bridgehead atoms. The van der Waals surface area contributed by atoms with Gasteiger partial charge in [-0.3, -0.25) is 4.79 Å². The number of rotatable bonds is 3. The maximum absolute atomic E-state index is 11.9. The summed E-state index contributed by atoms with van der Waals surface area (Å²) < 4.78 is 0. The second-order valence-electron chi connectivity index (χ2n) is 4.77. The average Bonchev–Trinajstić information content (AvgIpc) is 2.97. The van der Waals surface area contributed by atoms with Crippen LogP contribution in [0.3, 0.4) is 0 Å². The van der Waals surface area contributed by atoms with E-state index in [-0.39, 0.29) is 5.91 Å². The van der Waals surface area contributed by atoms with Gasteiger partial charge in [-0.05, 0) is 31.2 Å². The number of amides is 1. The first kappa shape index (κ1) is 13.1. The van der Waals surface area contributed by atoms with E-state index in [9.17, 15) is 4.79 Å². The van der Waals surface area contributed by atoms with E-state index in [1.165, 1.54) is 0 Å². The van der Waals surface area contributed by atoms with Crippen molar-refractivity contribution >= 4 is 22.5 Å². The molecular formula is C17H15N3O. The van der Waals surface area contributed by atoms with Crippen LogP contribution in [0.5, 0.6) is 0 Å². The first-order chi connectivity index (χ1) is 10.2. The van der Waals surface area contributed by atoms with Gasteiger partial charge in [0, 0.05) is 16.5 Å². The van der Waals surface area contributed by atoms with Crippen LogP contribution in [-0.2, 0) is 0 Å². The number of nitrogens with one attached hydrogen (secondary N) is 2. The minimum atomic E-state index is -0.217. The maximum Gasteiger partial charge on any atom is 0.271 e. The highest BCUT2D eigenvalue weighted by Gasteiger charge is 2.05. The molecule has 21 heavy (non-hydrogen) atoms.